The topological polar surface area (TPSA) is 70.5 Å². The third kappa shape index (κ3) is 4.61. The molecule has 5 nitrogen and oxygen atoms in total. The summed E-state index contributed by atoms with van der Waals surface area (Å²) in [4.78, 5) is 5.90. The van der Waals surface area contributed by atoms with Gasteiger partial charge in [0, 0.05) is 36.1 Å². The first-order chi connectivity index (χ1) is 7.83. The maximum Gasteiger partial charge on any atom is 0.149 e. The lowest BCUT2D eigenvalue weighted by molar-refractivity contribution is 0.281. The highest BCUT2D eigenvalue weighted by atomic mass is 79.9. The number of hydrogen-bond acceptors (Lipinski definition) is 5. The Morgan fingerprint density at radius 1 is 1.53 bits per heavy atom. The number of pyridine rings is 1. The van der Waals surface area contributed by atoms with Crippen molar-refractivity contribution in [1.82, 2.24) is 4.98 Å². The van der Waals surface area contributed by atoms with E-state index in [0.29, 0.717) is 17.9 Å². The van der Waals surface area contributed by atoms with Crippen LogP contribution in [-0.4, -0.2) is 44.1 Å². The molecule has 0 saturated heterocycles. The summed E-state index contributed by atoms with van der Waals surface area (Å²) in [5.41, 5.74) is 0.662. The molecule has 0 radical (unpaired) electrons. The Kier molecular flexibility index (Phi) is 4.91. The summed E-state index contributed by atoms with van der Waals surface area (Å²) in [5.74, 6) is 0.658. The fourth-order valence-corrected chi connectivity index (χ4v) is 2.33. The van der Waals surface area contributed by atoms with Crippen LogP contribution in [0.2, 0.25) is 0 Å². The van der Waals surface area contributed by atoms with E-state index < -0.39 is 9.84 Å². The Balaban J connectivity index is 2.85. The molecule has 1 aromatic rings. The number of hydrogen-bond donors (Lipinski definition) is 1. The van der Waals surface area contributed by atoms with Crippen LogP contribution in [0.25, 0.3) is 0 Å². The van der Waals surface area contributed by atoms with Gasteiger partial charge in [-0.1, -0.05) is 0 Å². The third-order valence-corrected chi connectivity index (χ3v) is 3.60. The molecular formula is C10H15BrN2O3S. The highest BCUT2D eigenvalue weighted by Gasteiger charge is 2.11. The van der Waals surface area contributed by atoms with E-state index in [1.807, 2.05) is 0 Å². The van der Waals surface area contributed by atoms with Crippen molar-refractivity contribution in [3.8, 4) is 0 Å². The lowest BCUT2D eigenvalue weighted by Crippen LogP contribution is -2.26. The molecule has 0 bridgehead atoms. The summed E-state index contributed by atoms with van der Waals surface area (Å²) in [6.45, 7) is 0.214. The van der Waals surface area contributed by atoms with Gasteiger partial charge in [-0.05, 0) is 22.0 Å². The number of nitrogens with zero attached hydrogens (tertiary/aromatic N) is 2. The van der Waals surface area contributed by atoms with E-state index in [0.717, 1.165) is 4.47 Å². The van der Waals surface area contributed by atoms with E-state index in [1.165, 1.54) is 6.26 Å². The molecule has 0 aliphatic carbocycles. The van der Waals surface area contributed by atoms with Crippen LogP contribution in [0.4, 0.5) is 5.82 Å². The Morgan fingerprint density at radius 3 is 2.71 bits per heavy atom. The van der Waals surface area contributed by atoms with Crippen molar-refractivity contribution in [1.29, 1.82) is 0 Å². The number of aliphatic hydroxyl groups excluding tert-OH is 1. The predicted octanol–water partition coefficient (Wildman–Crippen LogP) is 0.817. The quantitative estimate of drug-likeness (QED) is 0.869. The number of rotatable bonds is 5. The summed E-state index contributed by atoms with van der Waals surface area (Å²) in [7, 11) is -1.25. The van der Waals surface area contributed by atoms with Crippen LogP contribution in [0.15, 0.2) is 16.7 Å². The van der Waals surface area contributed by atoms with Crippen molar-refractivity contribution in [2.75, 3.05) is 30.5 Å². The number of sulfone groups is 1. The van der Waals surface area contributed by atoms with Crippen molar-refractivity contribution in [3.05, 3.63) is 22.3 Å². The molecule has 0 aliphatic heterocycles. The van der Waals surface area contributed by atoms with E-state index in [1.54, 1.807) is 24.2 Å². The monoisotopic (exact) mass is 322 g/mol. The smallest absolute Gasteiger partial charge is 0.149 e. The molecular weight excluding hydrogens is 308 g/mol. The first-order valence-corrected chi connectivity index (χ1v) is 7.83. The minimum Gasteiger partial charge on any atom is -0.392 e. The maximum absolute atomic E-state index is 11.1. The van der Waals surface area contributed by atoms with Gasteiger partial charge in [0.05, 0.1) is 12.4 Å². The molecule has 1 rings (SSSR count). The molecule has 0 unspecified atom stereocenters. The van der Waals surface area contributed by atoms with Crippen molar-refractivity contribution in [3.63, 3.8) is 0 Å². The number of aromatic nitrogens is 1. The third-order valence-electron chi connectivity index (χ3n) is 2.24. The summed E-state index contributed by atoms with van der Waals surface area (Å²) in [5, 5.41) is 9.21. The van der Waals surface area contributed by atoms with Crippen molar-refractivity contribution < 1.29 is 13.5 Å². The first-order valence-electron chi connectivity index (χ1n) is 4.97. The molecule has 7 heteroatoms. The van der Waals surface area contributed by atoms with Gasteiger partial charge in [-0.3, -0.25) is 0 Å². The zero-order valence-electron chi connectivity index (χ0n) is 9.72. The van der Waals surface area contributed by atoms with Crippen molar-refractivity contribution in [2.45, 2.75) is 6.61 Å². The molecule has 0 amide bonds. The van der Waals surface area contributed by atoms with Gasteiger partial charge < -0.3 is 10.0 Å². The molecule has 0 spiro atoms. The molecule has 96 valence electrons. The molecule has 1 heterocycles. The Labute approximate surface area is 110 Å². The van der Waals surface area contributed by atoms with Crippen LogP contribution in [0.1, 0.15) is 5.56 Å². The summed E-state index contributed by atoms with van der Waals surface area (Å²) in [6, 6.07) is 1.76. The fraction of sp³-hybridized carbons (Fsp3) is 0.500. The summed E-state index contributed by atoms with van der Waals surface area (Å²) >= 11 is 3.27. The second kappa shape index (κ2) is 5.79. The molecule has 17 heavy (non-hydrogen) atoms. The number of aliphatic hydroxyl groups is 1. The number of anilines is 1. The highest BCUT2D eigenvalue weighted by molar-refractivity contribution is 9.10. The minimum absolute atomic E-state index is 0.0616. The Morgan fingerprint density at radius 2 is 2.18 bits per heavy atom. The first kappa shape index (κ1) is 14.4. The second-order valence-corrected chi connectivity index (χ2v) is 7.02. The van der Waals surface area contributed by atoms with E-state index in [-0.39, 0.29) is 12.4 Å². The molecule has 1 N–H and O–H groups in total. The van der Waals surface area contributed by atoms with E-state index in [2.05, 4.69) is 20.9 Å². The van der Waals surface area contributed by atoms with Gasteiger partial charge in [0.25, 0.3) is 0 Å². The Hall–Kier alpha value is -0.660. The number of halogens is 1. The lowest BCUT2D eigenvalue weighted by atomic mass is 10.2. The molecule has 0 saturated carbocycles. The fourth-order valence-electron chi connectivity index (χ4n) is 1.34. The minimum atomic E-state index is -3.00. The van der Waals surface area contributed by atoms with Gasteiger partial charge >= 0.3 is 0 Å². The van der Waals surface area contributed by atoms with Crippen LogP contribution in [-0.2, 0) is 16.4 Å². The highest BCUT2D eigenvalue weighted by Crippen LogP contribution is 2.20. The van der Waals surface area contributed by atoms with Gasteiger partial charge in [-0.25, -0.2) is 13.4 Å². The SMILES string of the molecule is CN(CCS(C)(=O)=O)c1ncc(Br)cc1CO. The van der Waals surface area contributed by atoms with Crippen LogP contribution < -0.4 is 4.90 Å². The Bertz CT molecular complexity index is 490. The molecule has 0 aromatic carbocycles. The van der Waals surface area contributed by atoms with Crippen LogP contribution in [0, 0.1) is 0 Å². The molecule has 1 aromatic heterocycles. The summed E-state index contributed by atoms with van der Waals surface area (Å²) < 4.78 is 22.9. The van der Waals surface area contributed by atoms with Gasteiger partial charge in [-0.15, -0.1) is 0 Å². The van der Waals surface area contributed by atoms with Crippen LogP contribution in [0.5, 0.6) is 0 Å². The lowest BCUT2D eigenvalue weighted by Gasteiger charge is -2.20. The van der Waals surface area contributed by atoms with Crippen LogP contribution in [0.3, 0.4) is 0 Å². The van der Waals surface area contributed by atoms with Gasteiger partial charge in [-0.2, -0.15) is 0 Å². The second-order valence-electron chi connectivity index (χ2n) is 3.85. The average molecular weight is 323 g/mol. The van der Waals surface area contributed by atoms with Gasteiger partial charge in [0.2, 0.25) is 0 Å². The van der Waals surface area contributed by atoms with Crippen LogP contribution >= 0.6 is 15.9 Å². The van der Waals surface area contributed by atoms with E-state index in [9.17, 15) is 13.5 Å². The zero-order chi connectivity index (χ0) is 13.1. The standard InChI is InChI=1S/C10H15BrN2O3S/c1-13(3-4-17(2,15)16)10-8(7-14)5-9(11)6-12-10/h5-6,14H,3-4,7H2,1-2H3. The van der Waals surface area contributed by atoms with E-state index >= 15 is 0 Å². The summed E-state index contributed by atoms with van der Waals surface area (Å²) in [6.07, 6.45) is 2.81. The normalized spacial score (nSPS) is 11.5. The predicted molar refractivity (Wildman–Crippen MR) is 70.8 cm³/mol. The molecule has 0 atom stereocenters. The molecule has 0 aliphatic rings. The molecule has 0 fully saturated rings. The van der Waals surface area contributed by atoms with Crippen molar-refractivity contribution in [2.24, 2.45) is 0 Å². The van der Waals surface area contributed by atoms with Crippen molar-refractivity contribution >= 4 is 31.6 Å². The average Bonchev–Trinajstić information content (AvgIpc) is 2.24. The van der Waals surface area contributed by atoms with Gasteiger partial charge in [0.1, 0.15) is 15.7 Å². The van der Waals surface area contributed by atoms with Gasteiger partial charge in [0.15, 0.2) is 0 Å². The largest absolute Gasteiger partial charge is 0.392 e. The maximum atomic E-state index is 11.1. The zero-order valence-corrected chi connectivity index (χ0v) is 12.1. The van der Waals surface area contributed by atoms with E-state index in [4.69, 9.17) is 0 Å².